The highest BCUT2D eigenvalue weighted by Crippen LogP contribution is 2.37. The number of carboxylic acids is 1. The first-order chi connectivity index (χ1) is 17.6. The number of carbonyl (C=O) groups is 4. The summed E-state index contributed by atoms with van der Waals surface area (Å²) in [5.41, 5.74) is 3.65. The van der Waals surface area contributed by atoms with Crippen molar-refractivity contribution >= 4 is 46.8 Å². The lowest BCUT2D eigenvalue weighted by molar-refractivity contribution is -0.136. The predicted octanol–water partition coefficient (Wildman–Crippen LogP) is 3.34. The van der Waals surface area contributed by atoms with Gasteiger partial charge < -0.3 is 25.8 Å². The maximum atomic E-state index is 14.9. The average Bonchev–Trinajstić information content (AvgIpc) is 3.28. The average molecular weight is 506 g/mol. The van der Waals surface area contributed by atoms with Crippen LogP contribution < -0.4 is 16.0 Å². The fraction of sp³-hybridized carbons (Fsp3) is 0.154. The van der Waals surface area contributed by atoms with Crippen molar-refractivity contribution in [3.63, 3.8) is 0 Å². The maximum Gasteiger partial charge on any atom is 0.326 e. The van der Waals surface area contributed by atoms with Crippen molar-refractivity contribution in [2.75, 3.05) is 10.6 Å². The third kappa shape index (κ3) is 5.26. The first kappa shape index (κ1) is 25.3. The summed E-state index contributed by atoms with van der Waals surface area (Å²) >= 11 is 0. The van der Waals surface area contributed by atoms with Crippen LogP contribution in [0.4, 0.5) is 20.6 Å². The number of benzene rings is 2. The van der Waals surface area contributed by atoms with E-state index in [4.69, 9.17) is 10.2 Å². The fourth-order valence-electron chi connectivity index (χ4n) is 4.06. The fourth-order valence-corrected chi connectivity index (χ4v) is 4.06. The van der Waals surface area contributed by atoms with Crippen molar-refractivity contribution < 1.29 is 33.8 Å². The van der Waals surface area contributed by atoms with Crippen LogP contribution >= 0.6 is 0 Å². The van der Waals surface area contributed by atoms with Crippen molar-refractivity contribution in [1.82, 2.24) is 10.3 Å². The van der Waals surface area contributed by atoms with Crippen LogP contribution in [0.15, 0.2) is 36.4 Å². The second-order valence-corrected chi connectivity index (χ2v) is 8.49. The zero-order chi connectivity index (χ0) is 26.9. The van der Waals surface area contributed by atoms with Crippen LogP contribution in [0.5, 0.6) is 0 Å². The Kier molecular flexibility index (Phi) is 6.89. The van der Waals surface area contributed by atoms with Gasteiger partial charge in [-0.15, -0.1) is 0 Å². The van der Waals surface area contributed by atoms with Gasteiger partial charge in [-0.1, -0.05) is 12.1 Å². The van der Waals surface area contributed by atoms with Gasteiger partial charge in [0.25, 0.3) is 11.8 Å². The summed E-state index contributed by atoms with van der Waals surface area (Å²) in [5.74, 6) is -3.03. The SMILES string of the molecule is Cc1[nH]c(C=C2C(=O)Nc3cc(NC(=O)NC(=O)c4ccc(CO)cc4)c(F)cc32)c(C)c1CC(=O)O. The number of hydrogen-bond donors (Lipinski definition) is 6. The van der Waals surface area contributed by atoms with Gasteiger partial charge in [0.2, 0.25) is 0 Å². The minimum atomic E-state index is -0.985. The second-order valence-electron chi connectivity index (χ2n) is 8.49. The number of fused-ring (bicyclic) bond motifs is 1. The molecule has 1 aliphatic rings. The number of imide groups is 1. The minimum absolute atomic E-state index is 0.164. The van der Waals surface area contributed by atoms with Crippen LogP contribution in [-0.4, -0.2) is 39.0 Å². The predicted molar refractivity (Wildman–Crippen MR) is 133 cm³/mol. The topological polar surface area (TPSA) is 161 Å². The molecule has 11 heteroatoms. The molecule has 190 valence electrons. The van der Waals surface area contributed by atoms with E-state index in [0.29, 0.717) is 28.1 Å². The number of aromatic nitrogens is 1. The van der Waals surface area contributed by atoms with Gasteiger partial charge in [-0.3, -0.25) is 19.7 Å². The number of aromatic amines is 1. The lowest BCUT2D eigenvalue weighted by Gasteiger charge is -2.10. The molecule has 37 heavy (non-hydrogen) atoms. The molecular weight excluding hydrogens is 483 g/mol. The standard InChI is InChI=1S/C26H23FN4O6/c1-12-16(9-23(33)34)13(2)28-20(12)8-18-17-7-19(27)22(10-21(17)29-25(18)36)30-26(37)31-24(35)15-5-3-14(11-32)4-6-15/h3-8,10,28,32H,9,11H2,1-2H3,(H,29,36)(H,33,34)(H2,30,31,35,37). The van der Waals surface area contributed by atoms with Crippen molar-refractivity contribution in [3.8, 4) is 0 Å². The number of aryl methyl sites for hydroxylation is 1. The third-order valence-electron chi connectivity index (χ3n) is 6.01. The number of aliphatic carboxylic acids is 1. The number of amides is 4. The van der Waals surface area contributed by atoms with Gasteiger partial charge >= 0.3 is 12.0 Å². The number of rotatable bonds is 6. The Bertz CT molecular complexity index is 1470. The normalized spacial score (nSPS) is 13.3. The zero-order valence-corrected chi connectivity index (χ0v) is 19.9. The Morgan fingerprint density at radius 3 is 2.46 bits per heavy atom. The Morgan fingerprint density at radius 2 is 1.81 bits per heavy atom. The summed E-state index contributed by atoms with van der Waals surface area (Å²) < 4.78 is 14.9. The monoisotopic (exact) mass is 506 g/mol. The number of aliphatic hydroxyl groups is 1. The van der Waals surface area contributed by atoms with Gasteiger partial charge in [-0.25, -0.2) is 9.18 Å². The number of halogens is 1. The Hall–Kier alpha value is -4.77. The first-order valence-electron chi connectivity index (χ1n) is 11.2. The molecule has 1 aliphatic heterocycles. The van der Waals surface area contributed by atoms with E-state index in [1.165, 1.54) is 36.4 Å². The van der Waals surface area contributed by atoms with Gasteiger partial charge in [0, 0.05) is 22.5 Å². The molecule has 0 unspecified atom stereocenters. The summed E-state index contributed by atoms with van der Waals surface area (Å²) in [6, 6.07) is 7.29. The highest BCUT2D eigenvalue weighted by Gasteiger charge is 2.27. The summed E-state index contributed by atoms with van der Waals surface area (Å²) in [4.78, 5) is 51.4. The minimum Gasteiger partial charge on any atom is -0.481 e. The number of hydrogen-bond acceptors (Lipinski definition) is 5. The Morgan fingerprint density at radius 1 is 1.11 bits per heavy atom. The number of carbonyl (C=O) groups excluding carboxylic acids is 3. The van der Waals surface area contributed by atoms with E-state index in [-0.39, 0.29) is 41.1 Å². The molecule has 6 N–H and O–H groups in total. The third-order valence-corrected chi connectivity index (χ3v) is 6.01. The summed E-state index contributed by atoms with van der Waals surface area (Å²) in [6.45, 7) is 3.27. The molecule has 1 aromatic heterocycles. The van der Waals surface area contributed by atoms with E-state index in [0.717, 1.165) is 6.07 Å². The quantitative estimate of drug-likeness (QED) is 0.281. The van der Waals surface area contributed by atoms with Crippen molar-refractivity contribution in [1.29, 1.82) is 0 Å². The first-order valence-corrected chi connectivity index (χ1v) is 11.2. The Labute approximate surface area is 210 Å². The molecule has 0 saturated carbocycles. The zero-order valence-electron chi connectivity index (χ0n) is 19.9. The van der Waals surface area contributed by atoms with Crippen LogP contribution in [0, 0.1) is 19.7 Å². The summed E-state index contributed by atoms with van der Waals surface area (Å²) in [5, 5.41) is 25.2. The molecule has 0 bridgehead atoms. The highest BCUT2D eigenvalue weighted by molar-refractivity contribution is 6.35. The van der Waals surface area contributed by atoms with E-state index in [1.54, 1.807) is 13.8 Å². The van der Waals surface area contributed by atoms with E-state index in [9.17, 15) is 23.6 Å². The molecule has 0 atom stereocenters. The molecule has 4 rings (SSSR count). The van der Waals surface area contributed by atoms with Crippen molar-refractivity contribution in [2.24, 2.45) is 0 Å². The Balaban J connectivity index is 1.54. The molecule has 0 saturated heterocycles. The molecule has 4 amide bonds. The molecular formula is C26H23FN4O6. The molecule has 0 spiro atoms. The smallest absolute Gasteiger partial charge is 0.326 e. The second kappa shape index (κ2) is 10.1. The van der Waals surface area contributed by atoms with Crippen LogP contribution in [0.2, 0.25) is 0 Å². The highest BCUT2D eigenvalue weighted by atomic mass is 19.1. The number of nitrogens with one attached hydrogen (secondary N) is 4. The van der Waals surface area contributed by atoms with Crippen molar-refractivity contribution in [3.05, 3.63) is 81.4 Å². The molecule has 0 radical (unpaired) electrons. The molecule has 2 aromatic carbocycles. The van der Waals surface area contributed by atoms with Crippen LogP contribution in [0.25, 0.3) is 11.6 Å². The summed E-state index contributed by atoms with van der Waals surface area (Å²) in [6.07, 6.45) is 1.34. The number of urea groups is 1. The van der Waals surface area contributed by atoms with Crippen LogP contribution in [0.1, 0.15) is 44.0 Å². The lowest BCUT2D eigenvalue weighted by atomic mass is 10.0. The molecule has 0 aliphatic carbocycles. The van der Waals surface area contributed by atoms with Crippen molar-refractivity contribution in [2.45, 2.75) is 26.9 Å². The molecule has 2 heterocycles. The maximum absolute atomic E-state index is 14.9. The van der Waals surface area contributed by atoms with Gasteiger partial charge in [0.15, 0.2) is 0 Å². The van der Waals surface area contributed by atoms with Gasteiger partial charge in [0.1, 0.15) is 5.82 Å². The number of aliphatic hydroxyl groups excluding tert-OH is 1. The summed E-state index contributed by atoms with van der Waals surface area (Å²) in [7, 11) is 0. The molecule has 3 aromatic rings. The van der Waals surface area contributed by atoms with Gasteiger partial charge in [-0.2, -0.15) is 0 Å². The van der Waals surface area contributed by atoms with Crippen LogP contribution in [0.3, 0.4) is 0 Å². The number of carboxylic acid groups (broad SMARTS) is 1. The molecule has 0 fully saturated rings. The van der Waals surface area contributed by atoms with E-state index in [2.05, 4.69) is 20.9 Å². The number of H-pyrrole nitrogens is 1. The van der Waals surface area contributed by atoms with Crippen LogP contribution in [-0.2, 0) is 22.6 Å². The van der Waals surface area contributed by atoms with Gasteiger partial charge in [0.05, 0.1) is 30.0 Å². The van der Waals surface area contributed by atoms with Gasteiger partial charge in [-0.05, 0) is 60.9 Å². The van der Waals surface area contributed by atoms with E-state index < -0.39 is 29.6 Å². The van der Waals surface area contributed by atoms with E-state index in [1.807, 2.05) is 0 Å². The lowest BCUT2D eigenvalue weighted by Crippen LogP contribution is -2.34. The van der Waals surface area contributed by atoms with E-state index >= 15 is 0 Å². The number of anilines is 2. The molecule has 10 nitrogen and oxygen atoms in total. The largest absolute Gasteiger partial charge is 0.481 e.